The highest BCUT2D eigenvalue weighted by molar-refractivity contribution is 6.22. The lowest BCUT2D eigenvalue weighted by molar-refractivity contribution is 0.973. The summed E-state index contributed by atoms with van der Waals surface area (Å²) in [5, 5.41) is 12.6. The summed E-state index contributed by atoms with van der Waals surface area (Å²) in [7, 11) is 10.6. The summed E-state index contributed by atoms with van der Waals surface area (Å²) in [6.07, 6.45) is 0. The second-order valence-corrected chi connectivity index (χ2v) is 39.2. The van der Waals surface area contributed by atoms with Gasteiger partial charge in [0.2, 0.25) is 28.9 Å². The summed E-state index contributed by atoms with van der Waals surface area (Å²) in [5.41, 5.74) is 40.5. The smallest absolute Gasteiger partial charge is 0.220 e. The van der Waals surface area contributed by atoms with Gasteiger partial charge in [-0.2, -0.15) is 0 Å². The molecule has 0 aliphatic heterocycles. The maximum atomic E-state index is 5.11. The van der Waals surface area contributed by atoms with Crippen LogP contribution in [0.1, 0.15) is 0 Å². The Bertz CT molecular complexity index is 11800. The van der Waals surface area contributed by atoms with Crippen molar-refractivity contribution in [2.75, 3.05) is 0 Å². The molecule has 0 unspecified atom stereocenters. The maximum absolute atomic E-state index is 5.11. The fourth-order valence-corrected chi connectivity index (χ4v) is 24.5. The second kappa shape index (κ2) is 32.4. The number of imidazole rings is 10. The van der Waals surface area contributed by atoms with Gasteiger partial charge in [-0.05, 0) is 212 Å². The number of fused-ring (bicyclic) bond motifs is 41. The molecule has 0 aliphatic rings. The molecule has 35 aromatic rings. The van der Waals surface area contributed by atoms with Crippen LogP contribution in [0.25, 0.3) is 277 Å². The van der Waals surface area contributed by atoms with Gasteiger partial charge in [-0.15, -0.1) is 0 Å². The molecule has 15 aromatic heterocycles. The summed E-state index contributed by atoms with van der Waals surface area (Å²) in [6.45, 7) is 0. The third-order valence-electron chi connectivity index (χ3n) is 31.2. The first kappa shape index (κ1) is 84.3. The number of aryl methyl sites for hydroxylation is 5. The van der Waals surface area contributed by atoms with Crippen molar-refractivity contribution in [3.8, 4) is 28.4 Å². The molecule has 20 heteroatoms. The van der Waals surface area contributed by atoms with Crippen molar-refractivity contribution in [1.29, 1.82) is 0 Å². The van der Waals surface area contributed by atoms with Crippen LogP contribution in [0.5, 0.6) is 0 Å². The van der Waals surface area contributed by atoms with E-state index >= 15 is 0 Å². The minimum Gasteiger partial charge on any atom is -0.344 e. The minimum atomic E-state index is 0.942. The molecule has 0 saturated carbocycles. The number of para-hydroxylation sites is 20. The zero-order valence-corrected chi connectivity index (χ0v) is 82.2. The Kier molecular flexibility index (Phi) is 18.2. The molecule has 150 heavy (non-hydrogen) atoms. The van der Waals surface area contributed by atoms with Gasteiger partial charge in [0.15, 0.2) is 0 Å². The lowest BCUT2D eigenvalue weighted by Crippen LogP contribution is -1.95. The van der Waals surface area contributed by atoms with Crippen molar-refractivity contribution in [2.24, 2.45) is 35.2 Å². The quantitative estimate of drug-likeness (QED) is 0.169. The average molecular weight is 1930 g/mol. The van der Waals surface area contributed by atoms with E-state index < -0.39 is 0 Å². The van der Waals surface area contributed by atoms with Crippen LogP contribution in [-0.4, -0.2) is 92.6 Å². The first-order valence-corrected chi connectivity index (χ1v) is 50.8. The molecule has 710 valence electrons. The lowest BCUT2D eigenvalue weighted by Gasteiger charge is -2.07. The zero-order chi connectivity index (χ0) is 99.1. The Morgan fingerprint density at radius 3 is 0.907 bits per heavy atom. The van der Waals surface area contributed by atoms with Gasteiger partial charge in [-0.1, -0.05) is 243 Å². The van der Waals surface area contributed by atoms with E-state index in [0.717, 1.165) is 112 Å². The molecule has 0 fully saturated rings. The molecular formula is C130H90N20. The first-order valence-electron chi connectivity index (χ1n) is 50.8. The molecule has 0 aliphatic carbocycles. The molecule has 0 saturated heterocycles. The highest BCUT2D eigenvalue weighted by Gasteiger charge is 2.28. The number of nitrogens with zero attached hydrogens (tertiary/aromatic N) is 20. The third kappa shape index (κ3) is 12.2. The van der Waals surface area contributed by atoms with Gasteiger partial charge in [0.1, 0.15) is 0 Å². The monoisotopic (exact) mass is 1930 g/mol. The summed E-state index contributed by atoms with van der Waals surface area (Å²) in [6, 6.07) is 161. The van der Waals surface area contributed by atoms with Gasteiger partial charge in [0.05, 0.1) is 149 Å². The van der Waals surface area contributed by atoms with E-state index in [1.165, 1.54) is 165 Å². The van der Waals surface area contributed by atoms with Crippen molar-refractivity contribution in [3.05, 3.63) is 455 Å². The summed E-state index contributed by atoms with van der Waals surface area (Å²) < 4.78 is 34.2. The Labute approximate surface area is 853 Å². The number of aromatic nitrogens is 20. The molecule has 20 nitrogen and oxygen atoms in total. The topological polar surface area (TPSA) is 136 Å². The summed E-state index contributed by atoms with van der Waals surface area (Å²) in [5.74, 6) is 4.76. The van der Waals surface area contributed by atoms with Gasteiger partial charge < -0.3 is 32.0 Å². The minimum absolute atomic E-state index is 0.942. The Morgan fingerprint density at radius 1 is 0.133 bits per heavy atom. The van der Waals surface area contributed by atoms with Crippen LogP contribution in [0.4, 0.5) is 0 Å². The van der Waals surface area contributed by atoms with Crippen LogP contribution in [0, 0.1) is 0 Å². The molecule has 0 amide bonds. The molecule has 0 bridgehead atoms. The predicted octanol–water partition coefficient (Wildman–Crippen LogP) is 30.4. The van der Waals surface area contributed by atoms with E-state index in [0.29, 0.717) is 0 Å². The van der Waals surface area contributed by atoms with Gasteiger partial charge in [-0.25, -0.2) is 24.9 Å². The van der Waals surface area contributed by atoms with Crippen molar-refractivity contribution < 1.29 is 0 Å². The van der Waals surface area contributed by atoms with Crippen LogP contribution in [-0.2, 0) is 35.2 Å². The van der Waals surface area contributed by atoms with Crippen molar-refractivity contribution >= 4 is 248 Å². The lowest BCUT2D eigenvalue weighted by atomic mass is 10.1. The van der Waals surface area contributed by atoms with Crippen LogP contribution in [0.3, 0.4) is 0 Å². The Hall–Kier alpha value is -20.2. The normalized spacial score (nSPS) is 12.2. The summed E-state index contributed by atoms with van der Waals surface area (Å²) in [4.78, 5) is 25.1. The molecule has 0 atom stereocenters. The van der Waals surface area contributed by atoms with E-state index in [2.05, 4.69) is 534 Å². The van der Waals surface area contributed by atoms with E-state index in [1.54, 1.807) is 0 Å². The zero-order valence-electron chi connectivity index (χ0n) is 82.2. The Morgan fingerprint density at radius 2 is 0.407 bits per heavy atom. The fourth-order valence-electron chi connectivity index (χ4n) is 24.5. The molecule has 15 heterocycles. The number of hydrogen-bond donors (Lipinski definition) is 0. The van der Waals surface area contributed by atoms with Crippen LogP contribution in [0.2, 0.25) is 0 Å². The number of benzene rings is 20. The van der Waals surface area contributed by atoms with E-state index in [1.807, 2.05) is 24.3 Å². The molecule has 20 aromatic carbocycles. The van der Waals surface area contributed by atoms with Gasteiger partial charge in [-0.3, -0.25) is 35.7 Å². The molecule has 0 radical (unpaired) electrons. The average Bonchev–Trinajstić information content (AvgIpc) is 1.53. The molecule has 0 N–H and O–H groups in total. The van der Waals surface area contributed by atoms with Crippen LogP contribution in [0.15, 0.2) is 455 Å². The molecular weight excluding hydrogens is 1840 g/mol. The van der Waals surface area contributed by atoms with E-state index in [4.69, 9.17) is 24.9 Å². The number of hydrogen-bond acceptors (Lipinski definition) is 5. The first-order chi connectivity index (χ1) is 74.1. The summed E-state index contributed by atoms with van der Waals surface area (Å²) >= 11 is 0. The third-order valence-corrected chi connectivity index (χ3v) is 31.2. The highest BCUT2D eigenvalue weighted by atomic mass is 15.3. The van der Waals surface area contributed by atoms with Crippen molar-refractivity contribution in [3.63, 3.8) is 0 Å². The predicted molar refractivity (Wildman–Crippen MR) is 618 cm³/mol. The van der Waals surface area contributed by atoms with Gasteiger partial charge >= 0.3 is 0 Å². The molecule has 35 rings (SSSR count). The molecule has 0 spiro atoms. The standard InChI is InChI=1S/5C26H18N4/c1-28-24-15-19-18-11-5-7-13-21(18)29(17-9-3-2-4-10-17)23(19)16-25(24)30-22-14-8-6-12-20(22)27-26(28)30;1-28-21-13-7-5-11-18(21)19-15-24-25(16-23(19)28)30-22-14-8-6-12-20(22)27-26(30)29(24)17-9-3-2-4-10-17;1-28-20-13-7-5-11-18(20)24-22(28)15-16-23-25(24)29(17-9-3-2-4-10-17)26-27-19-12-6-8-14-21(19)30(23)26;1-28-22-13-7-8-14-23(22)30-25-16-24-19(15-20(25)27-26(28)30)18-11-5-6-12-21(18)29(24)17-9-3-2-4-10-17;1-28-21-12-6-5-11-18(21)19-15-20-25(16-24(19)28)30-23-14-8-7-13-22(23)29(26(30)27-20)17-9-3-2-4-10-17/h5*2-16H,1H3. The maximum Gasteiger partial charge on any atom is 0.220 e. The van der Waals surface area contributed by atoms with Crippen molar-refractivity contribution in [1.82, 2.24) is 92.6 Å². The van der Waals surface area contributed by atoms with Crippen LogP contribution < -0.4 is 0 Å². The van der Waals surface area contributed by atoms with Crippen molar-refractivity contribution in [2.45, 2.75) is 0 Å². The Balaban J connectivity index is 0.0000000844. The second-order valence-electron chi connectivity index (χ2n) is 39.2. The number of rotatable bonds is 5. The van der Waals surface area contributed by atoms with E-state index in [9.17, 15) is 0 Å². The fraction of sp³-hybridized carbons (Fsp3) is 0.0385. The van der Waals surface area contributed by atoms with Crippen LogP contribution >= 0.6 is 0 Å². The van der Waals surface area contributed by atoms with Gasteiger partial charge in [0, 0.05) is 134 Å². The SMILES string of the molecule is Cn1c2cc3c4ccccc4n(-c4ccccc4)c3cc2n2c3ccccc3nc12.Cn1c2ccccc2c2c1ccc1c2n(-c2ccccc2)c2nc3ccccc3n12.Cn1c2ccccc2c2cc3c(cc21)n1c2ccccc2nc1n3-c1ccccc1.Cn1c2ccccc2c2cc3nc4n(-c5ccccc5)c5ccccc5n4c3cc21.Cn1c2ccccc2n2c3cc4c(cc3nc12)c1ccccc1n4-c1ccccc1. The van der Waals surface area contributed by atoms with E-state index in [-0.39, 0.29) is 0 Å². The largest absolute Gasteiger partial charge is 0.344 e. The highest BCUT2D eigenvalue weighted by Crippen LogP contribution is 2.45. The van der Waals surface area contributed by atoms with Gasteiger partial charge in [0.25, 0.3) is 0 Å².